The molecule has 0 aromatic heterocycles. The number of allylic oxidation sites excluding steroid dienone is 18. The number of ether oxygens (including phenoxy) is 4. The summed E-state index contributed by atoms with van der Waals surface area (Å²) in [5.74, 6) is 2.51. The van der Waals surface area contributed by atoms with Crippen LogP contribution in [0.4, 0.5) is 0 Å². The van der Waals surface area contributed by atoms with Crippen LogP contribution < -0.4 is 18.9 Å². The second kappa shape index (κ2) is 31.9. The Labute approximate surface area is 370 Å². The molecule has 0 unspecified atom stereocenters. The third-order valence-corrected chi connectivity index (χ3v) is 11.5. The van der Waals surface area contributed by atoms with Gasteiger partial charge in [0.05, 0.1) is 28.4 Å². The molecule has 0 saturated heterocycles. The van der Waals surface area contributed by atoms with Crippen LogP contribution in [0.2, 0.25) is 0 Å². The number of methoxy groups -OCH3 is 4. The van der Waals surface area contributed by atoms with Crippen LogP contribution in [-0.4, -0.2) is 28.4 Å². The zero-order chi connectivity index (χ0) is 44.9. The normalized spacial score (nSPS) is 13.8. The Balaban J connectivity index is 2.39. The summed E-state index contributed by atoms with van der Waals surface area (Å²) in [5.41, 5.74) is 15.4. The Bertz CT molecular complexity index is 1710. The third-order valence-electron chi connectivity index (χ3n) is 11.5. The molecule has 0 saturated carbocycles. The molecule has 0 radical (unpaired) electrons. The van der Waals surface area contributed by atoms with Gasteiger partial charge in [0.2, 0.25) is 11.5 Å². The lowest BCUT2D eigenvalue weighted by molar-refractivity contribution is 0.302. The molecule has 0 bridgehead atoms. The van der Waals surface area contributed by atoms with Gasteiger partial charge in [-0.05, 0) is 185 Å². The van der Waals surface area contributed by atoms with E-state index in [0.29, 0.717) is 23.0 Å². The fourth-order valence-electron chi connectivity index (χ4n) is 7.40. The van der Waals surface area contributed by atoms with Gasteiger partial charge in [-0.2, -0.15) is 0 Å². The first-order valence-electron chi connectivity index (χ1n) is 22.9. The van der Waals surface area contributed by atoms with E-state index in [1.165, 1.54) is 69.4 Å². The van der Waals surface area contributed by atoms with Crippen LogP contribution in [0.3, 0.4) is 0 Å². The van der Waals surface area contributed by atoms with E-state index in [0.717, 1.165) is 101 Å². The van der Waals surface area contributed by atoms with Crippen molar-refractivity contribution in [3.05, 3.63) is 116 Å². The Morgan fingerprint density at radius 3 is 0.800 bits per heavy atom. The van der Waals surface area contributed by atoms with E-state index in [-0.39, 0.29) is 0 Å². The molecule has 336 valence electrons. The van der Waals surface area contributed by atoms with Gasteiger partial charge in [0.15, 0.2) is 11.5 Å². The highest BCUT2D eigenvalue weighted by Crippen LogP contribution is 2.49. The van der Waals surface area contributed by atoms with Gasteiger partial charge in [0, 0.05) is 11.1 Å². The van der Waals surface area contributed by atoms with E-state index in [1.54, 1.807) is 28.4 Å². The van der Waals surface area contributed by atoms with Gasteiger partial charge in [0.1, 0.15) is 0 Å². The van der Waals surface area contributed by atoms with Crippen LogP contribution in [-0.2, 0) is 6.42 Å². The first kappa shape index (κ1) is 54.1. The van der Waals surface area contributed by atoms with Crippen LogP contribution in [0.15, 0.2) is 105 Å². The second-order valence-corrected chi connectivity index (χ2v) is 17.4. The molecule has 4 nitrogen and oxygen atoms in total. The Morgan fingerprint density at radius 2 is 0.550 bits per heavy atom. The van der Waals surface area contributed by atoms with Crippen LogP contribution in [0.1, 0.15) is 183 Å². The fraction of sp³-hybridized carbons (Fsp3) is 0.571. The summed E-state index contributed by atoms with van der Waals surface area (Å²) in [6, 6.07) is 0. The molecule has 1 aromatic rings. The highest BCUT2D eigenvalue weighted by Gasteiger charge is 2.24. The monoisotopic (exact) mass is 825 g/mol. The molecular weight excluding hydrogens is 737 g/mol. The summed E-state index contributed by atoms with van der Waals surface area (Å²) in [6.45, 7) is 24.6. The Kier molecular flexibility index (Phi) is 28.7. The van der Waals surface area contributed by atoms with Crippen LogP contribution in [0.25, 0.3) is 0 Å². The van der Waals surface area contributed by atoms with Crippen molar-refractivity contribution in [2.24, 2.45) is 0 Å². The minimum absolute atomic E-state index is 0.561. The van der Waals surface area contributed by atoms with Gasteiger partial charge < -0.3 is 18.9 Å². The average Bonchev–Trinajstić information content (AvgIpc) is 3.19. The summed E-state index contributed by atoms with van der Waals surface area (Å²) >= 11 is 0. The van der Waals surface area contributed by atoms with Crippen molar-refractivity contribution in [3.63, 3.8) is 0 Å². The first-order valence-corrected chi connectivity index (χ1v) is 22.9. The molecule has 0 atom stereocenters. The van der Waals surface area contributed by atoms with E-state index >= 15 is 0 Å². The average molecular weight is 825 g/mol. The molecule has 0 aliphatic carbocycles. The van der Waals surface area contributed by atoms with E-state index in [9.17, 15) is 0 Å². The quantitative estimate of drug-likeness (QED) is 0.0724. The van der Waals surface area contributed by atoms with Crippen molar-refractivity contribution in [2.45, 2.75) is 185 Å². The maximum atomic E-state index is 5.77. The lowest BCUT2D eigenvalue weighted by Crippen LogP contribution is -2.04. The Morgan fingerprint density at radius 1 is 0.317 bits per heavy atom. The minimum Gasteiger partial charge on any atom is -0.492 e. The second-order valence-electron chi connectivity index (χ2n) is 17.4. The van der Waals surface area contributed by atoms with Gasteiger partial charge in [-0.3, -0.25) is 0 Å². The van der Waals surface area contributed by atoms with Gasteiger partial charge in [-0.25, -0.2) is 0 Å². The van der Waals surface area contributed by atoms with E-state index in [1.807, 2.05) is 6.92 Å². The van der Waals surface area contributed by atoms with E-state index in [4.69, 9.17) is 18.9 Å². The van der Waals surface area contributed by atoms with E-state index in [2.05, 4.69) is 124 Å². The lowest BCUT2D eigenvalue weighted by Gasteiger charge is -2.21. The molecule has 0 heterocycles. The van der Waals surface area contributed by atoms with Gasteiger partial charge in [0.25, 0.3) is 0 Å². The largest absolute Gasteiger partial charge is 0.492 e. The molecule has 4 heteroatoms. The van der Waals surface area contributed by atoms with Crippen molar-refractivity contribution in [3.8, 4) is 23.0 Å². The molecule has 0 aliphatic heterocycles. The van der Waals surface area contributed by atoms with Crippen LogP contribution in [0.5, 0.6) is 23.0 Å². The first-order chi connectivity index (χ1) is 28.7. The summed E-state index contributed by atoms with van der Waals surface area (Å²) in [7, 11) is 6.58. The van der Waals surface area contributed by atoms with Crippen molar-refractivity contribution in [1.82, 2.24) is 0 Å². The highest BCUT2D eigenvalue weighted by molar-refractivity contribution is 5.67. The van der Waals surface area contributed by atoms with Crippen molar-refractivity contribution in [2.75, 3.05) is 28.4 Å². The maximum absolute atomic E-state index is 5.77. The zero-order valence-corrected chi connectivity index (χ0v) is 41.3. The maximum Gasteiger partial charge on any atom is 0.207 e. The number of benzene rings is 1. The zero-order valence-electron chi connectivity index (χ0n) is 41.3. The predicted octanol–water partition coefficient (Wildman–Crippen LogP) is 17.4. The molecule has 0 N–H and O–H groups in total. The summed E-state index contributed by atoms with van der Waals surface area (Å²) < 4.78 is 22.7. The van der Waals surface area contributed by atoms with Gasteiger partial charge in [-0.1, -0.05) is 105 Å². The summed E-state index contributed by atoms with van der Waals surface area (Å²) in [6.07, 6.45) is 40.7. The standard InChI is InChI=1S/C56H88O4/c1-42(2)24-16-25-43(3)26-17-27-44(4)28-18-29-45(5)30-19-31-46(6)32-20-33-47(7)34-21-35-48(8)36-22-37-49(9)38-23-39-50(10)40-41-52-51(11)53(57-12)55(59-14)56(60-15)54(52)58-13/h24,26,28,30,32,34,36,38,40H,16-23,25,27,29,31,33,35,37,39,41H2,1-15H3. The van der Waals surface area contributed by atoms with Gasteiger partial charge in [-0.15, -0.1) is 0 Å². The number of hydrogen-bond donors (Lipinski definition) is 0. The molecule has 1 aromatic carbocycles. The molecule has 0 amide bonds. The fourth-order valence-corrected chi connectivity index (χ4v) is 7.40. The van der Waals surface area contributed by atoms with E-state index < -0.39 is 0 Å². The smallest absolute Gasteiger partial charge is 0.207 e. The molecule has 0 spiro atoms. The van der Waals surface area contributed by atoms with Gasteiger partial charge >= 0.3 is 0 Å². The topological polar surface area (TPSA) is 36.9 Å². The molecule has 1 rings (SSSR count). The van der Waals surface area contributed by atoms with Crippen molar-refractivity contribution >= 4 is 0 Å². The van der Waals surface area contributed by atoms with Crippen LogP contribution >= 0.6 is 0 Å². The summed E-state index contributed by atoms with van der Waals surface area (Å²) in [5, 5.41) is 0. The SMILES string of the molecule is COc1c(C)c(CC=C(C)CCC=C(C)CCC=C(C)CCC=C(C)CCC=C(C)CCC=C(C)CCC=C(C)CCC=C(C)CCC=C(C)C)c(OC)c(OC)c1OC. The Hall–Kier alpha value is -3.92. The minimum atomic E-state index is 0.561. The highest BCUT2D eigenvalue weighted by atomic mass is 16.5. The number of rotatable bonds is 30. The molecule has 60 heavy (non-hydrogen) atoms. The molecular formula is C56H88O4. The van der Waals surface area contributed by atoms with Crippen molar-refractivity contribution in [1.29, 1.82) is 0 Å². The predicted molar refractivity (Wildman–Crippen MR) is 264 cm³/mol. The van der Waals surface area contributed by atoms with Crippen molar-refractivity contribution < 1.29 is 18.9 Å². The lowest BCUT2D eigenvalue weighted by atomic mass is 9.99. The summed E-state index contributed by atoms with van der Waals surface area (Å²) in [4.78, 5) is 0. The molecule has 0 aliphatic rings. The number of hydrogen-bond acceptors (Lipinski definition) is 4. The van der Waals surface area contributed by atoms with Crippen LogP contribution in [0, 0.1) is 6.92 Å². The molecule has 0 fully saturated rings. The third kappa shape index (κ3) is 23.2.